The molecule has 0 heterocycles. The van der Waals surface area contributed by atoms with Crippen molar-refractivity contribution in [3.8, 4) is 0 Å². The van der Waals surface area contributed by atoms with Gasteiger partial charge in [0, 0.05) is 0 Å². The maximum atomic E-state index is 12.0. The summed E-state index contributed by atoms with van der Waals surface area (Å²) < 4.78 is 9.26. The minimum absolute atomic E-state index is 0. The molecular weight excluding hydrogens is 367 g/mol. The van der Waals surface area contributed by atoms with Crippen molar-refractivity contribution >= 4 is 34.8 Å². The molecular formula is C15H29AsO7. The van der Waals surface area contributed by atoms with Gasteiger partial charge in [0.25, 0.3) is 0 Å². The smallest absolute Gasteiger partial charge is 0.412 e. The zero-order valence-electron chi connectivity index (χ0n) is 14.4. The Morgan fingerprint density at radius 3 is 1.83 bits per heavy atom. The first kappa shape index (κ1) is 24.2. The molecule has 0 saturated carbocycles. The molecule has 136 valence electrons. The van der Waals surface area contributed by atoms with Crippen LogP contribution in [-0.2, 0) is 23.9 Å². The average molecular weight is 396 g/mol. The first-order valence-electron chi connectivity index (χ1n) is 7.45. The number of rotatable bonds is 9. The van der Waals surface area contributed by atoms with E-state index in [0.29, 0.717) is 12.3 Å². The first-order valence-corrected chi connectivity index (χ1v) is 8.85. The number of carboxylic acid groups (broad SMARTS) is 1. The van der Waals surface area contributed by atoms with Crippen LogP contribution in [0.25, 0.3) is 0 Å². The minimum atomic E-state index is -1.01. The quantitative estimate of drug-likeness (QED) is 0.350. The second kappa shape index (κ2) is 11.5. The summed E-state index contributed by atoms with van der Waals surface area (Å²) in [7, 11) is 0. The summed E-state index contributed by atoms with van der Waals surface area (Å²) in [6.45, 7) is 8.80. The second-order valence-corrected chi connectivity index (χ2v) is 7.54. The van der Waals surface area contributed by atoms with Crippen LogP contribution in [0.3, 0.4) is 0 Å². The number of ether oxygens (including phenoxy) is 2. The van der Waals surface area contributed by atoms with Crippen LogP contribution in [0, 0.1) is 17.8 Å². The Morgan fingerprint density at radius 2 is 1.43 bits per heavy atom. The molecule has 0 aromatic carbocycles. The third-order valence-corrected chi connectivity index (χ3v) is 4.66. The number of carboxylic acids is 1. The van der Waals surface area contributed by atoms with Gasteiger partial charge in [0.05, 0.1) is 0 Å². The molecule has 3 N–H and O–H groups in total. The van der Waals surface area contributed by atoms with Crippen LogP contribution in [0.15, 0.2) is 0 Å². The molecule has 0 spiro atoms. The Labute approximate surface area is 145 Å². The molecule has 4 atom stereocenters. The van der Waals surface area contributed by atoms with Crippen molar-refractivity contribution in [3.05, 3.63) is 0 Å². The largest absolute Gasteiger partial charge is 0.412 e. The first-order chi connectivity index (χ1) is 10.1. The number of hydrogen-bond acceptors (Lipinski definition) is 5. The standard InChI is InChI=1S/C15H27AsO6.H2O/c1-8(2)6-7-11(13(17)18)12(16)15(20)22-10(5)21-14(19)9(3)4;/h8-12H,6-7,16H2,1-5H3,(H,17,18);1H2/t10-,11?,12?;/m1./s1. The average Bonchev–Trinajstić information content (AvgIpc) is 2.37. The van der Waals surface area contributed by atoms with E-state index in [0.717, 1.165) is 23.3 Å². The van der Waals surface area contributed by atoms with Crippen LogP contribution >= 0.6 is 0 Å². The molecule has 0 radical (unpaired) electrons. The molecule has 3 unspecified atom stereocenters. The van der Waals surface area contributed by atoms with E-state index in [9.17, 15) is 19.5 Å². The zero-order chi connectivity index (χ0) is 17.4. The fraction of sp³-hybridized carbons (Fsp3) is 0.800. The number of esters is 2. The molecule has 0 rings (SSSR count). The molecule has 7 nitrogen and oxygen atoms in total. The van der Waals surface area contributed by atoms with Crippen molar-refractivity contribution in [1.82, 2.24) is 0 Å². The van der Waals surface area contributed by atoms with Crippen LogP contribution in [0.2, 0.25) is 4.71 Å². The summed E-state index contributed by atoms with van der Waals surface area (Å²) >= 11 is 1.01. The topological polar surface area (TPSA) is 121 Å². The maximum absolute atomic E-state index is 12.0. The van der Waals surface area contributed by atoms with Gasteiger partial charge in [-0.15, -0.1) is 0 Å². The molecule has 0 aliphatic carbocycles. The monoisotopic (exact) mass is 396 g/mol. The fourth-order valence-electron chi connectivity index (χ4n) is 1.70. The Morgan fingerprint density at radius 1 is 0.957 bits per heavy atom. The van der Waals surface area contributed by atoms with Crippen LogP contribution in [0.1, 0.15) is 47.5 Å². The summed E-state index contributed by atoms with van der Waals surface area (Å²) in [5, 5.41) is 9.27. The fourth-order valence-corrected chi connectivity index (χ4v) is 2.61. The Bertz CT molecular complexity index is 395. The summed E-state index contributed by atoms with van der Waals surface area (Å²) in [5.41, 5.74) is 0. The molecule has 0 aliphatic heterocycles. The minimum Gasteiger partial charge on any atom is -0.412 e. The molecule has 8 heteroatoms. The Balaban J connectivity index is 0. The van der Waals surface area contributed by atoms with E-state index in [1.54, 1.807) is 13.8 Å². The summed E-state index contributed by atoms with van der Waals surface area (Å²) in [4.78, 5) is 34.8. The molecule has 0 aliphatic rings. The van der Waals surface area contributed by atoms with Gasteiger partial charge in [0.15, 0.2) is 0 Å². The van der Waals surface area contributed by atoms with Crippen molar-refractivity contribution in [2.45, 2.75) is 58.5 Å². The molecule has 0 aromatic heterocycles. The number of carbonyl (C=O) groups is 3. The summed E-state index contributed by atoms with van der Waals surface area (Å²) in [6, 6.07) is 0. The Hall–Kier alpha value is -1.07. The van der Waals surface area contributed by atoms with Gasteiger partial charge in [-0.05, 0) is 0 Å². The van der Waals surface area contributed by atoms with Crippen molar-refractivity contribution < 1.29 is 34.4 Å². The normalized spacial score (nSPS) is 14.6. The number of aliphatic carboxylic acids is 1. The van der Waals surface area contributed by atoms with Gasteiger partial charge in [0.1, 0.15) is 0 Å². The second-order valence-electron chi connectivity index (χ2n) is 6.04. The molecule has 23 heavy (non-hydrogen) atoms. The summed E-state index contributed by atoms with van der Waals surface area (Å²) in [6.07, 6.45) is 0.133. The van der Waals surface area contributed by atoms with Gasteiger partial charge >= 0.3 is 140 Å². The molecule has 0 aromatic rings. The van der Waals surface area contributed by atoms with Gasteiger partial charge in [-0.1, -0.05) is 0 Å². The third-order valence-electron chi connectivity index (χ3n) is 3.11. The molecule has 0 bridgehead atoms. The van der Waals surface area contributed by atoms with Gasteiger partial charge in [-0.2, -0.15) is 0 Å². The third kappa shape index (κ3) is 9.61. The van der Waals surface area contributed by atoms with E-state index in [2.05, 4.69) is 0 Å². The van der Waals surface area contributed by atoms with Gasteiger partial charge in [0.2, 0.25) is 0 Å². The molecule has 0 fully saturated rings. The predicted octanol–water partition coefficient (Wildman–Crippen LogP) is 0.809. The van der Waals surface area contributed by atoms with E-state index >= 15 is 0 Å². The Kier molecular flexibility index (Phi) is 12.1. The van der Waals surface area contributed by atoms with Crippen LogP contribution in [0.5, 0.6) is 0 Å². The maximum Gasteiger partial charge on any atom is -0.412 e. The van der Waals surface area contributed by atoms with Gasteiger partial charge < -0.3 is 5.48 Å². The van der Waals surface area contributed by atoms with E-state index in [4.69, 9.17) is 9.47 Å². The van der Waals surface area contributed by atoms with E-state index < -0.39 is 34.8 Å². The molecule has 0 amide bonds. The van der Waals surface area contributed by atoms with Crippen LogP contribution < -0.4 is 0 Å². The molecule has 0 saturated heterocycles. The van der Waals surface area contributed by atoms with Crippen molar-refractivity contribution in [2.24, 2.45) is 17.8 Å². The van der Waals surface area contributed by atoms with Gasteiger partial charge in [-0.3, -0.25) is 0 Å². The van der Waals surface area contributed by atoms with Crippen LogP contribution in [-0.4, -0.2) is 51.6 Å². The van der Waals surface area contributed by atoms with Crippen molar-refractivity contribution in [1.29, 1.82) is 0 Å². The van der Waals surface area contributed by atoms with Crippen LogP contribution in [0.4, 0.5) is 0 Å². The SMILES string of the molecule is CC(C)CCC(C(=O)O)C([AsH2])C(=O)O[C@H](C)OC(=O)C(C)C.O. The number of hydrogen-bond donors (Lipinski definition) is 1. The summed E-state index contributed by atoms with van der Waals surface area (Å²) in [5.74, 6) is -2.83. The van der Waals surface area contributed by atoms with E-state index in [1.165, 1.54) is 6.92 Å². The van der Waals surface area contributed by atoms with Crippen molar-refractivity contribution in [2.75, 3.05) is 0 Å². The number of carbonyl (C=O) groups excluding carboxylic acids is 2. The van der Waals surface area contributed by atoms with Crippen molar-refractivity contribution in [3.63, 3.8) is 0 Å². The van der Waals surface area contributed by atoms with E-state index in [1.807, 2.05) is 13.8 Å². The predicted molar refractivity (Wildman–Crippen MR) is 87.6 cm³/mol. The van der Waals surface area contributed by atoms with E-state index in [-0.39, 0.29) is 11.4 Å². The van der Waals surface area contributed by atoms with Gasteiger partial charge in [-0.25, -0.2) is 0 Å². The zero-order valence-corrected chi connectivity index (χ0v) is 16.8.